The van der Waals surface area contributed by atoms with Gasteiger partial charge in [0.25, 0.3) is 23.6 Å². The van der Waals surface area contributed by atoms with Crippen molar-refractivity contribution in [3.05, 3.63) is 58.7 Å². The summed E-state index contributed by atoms with van der Waals surface area (Å²) in [5.41, 5.74) is 3.81. The van der Waals surface area contributed by atoms with Crippen LogP contribution in [0.25, 0.3) is 11.1 Å². The molecule has 1 unspecified atom stereocenters. The third kappa shape index (κ3) is 5.46. The molecule has 2 aromatic carbocycles. The first-order chi connectivity index (χ1) is 17.8. The van der Waals surface area contributed by atoms with E-state index in [9.17, 15) is 24.0 Å². The molecule has 0 aromatic heterocycles. The Balaban J connectivity index is 1.61. The van der Waals surface area contributed by atoms with E-state index in [2.05, 4.69) is 10.6 Å². The predicted molar refractivity (Wildman–Crippen MR) is 129 cm³/mol. The first-order valence-corrected chi connectivity index (χ1v) is 12.0. The zero-order valence-electron chi connectivity index (χ0n) is 20.2. The molecule has 11 heteroatoms. The number of aliphatic hydroxyl groups is 1. The third-order valence-electron chi connectivity index (χ3n) is 6.14. The summed E-state index contributed by atoms with van der Waals surface area (Å²) in [4.78, 5) is 65.7. The Morgan fingerprint density at radius 1 is 0.919 bits per heavy atom. The summed E-state index contributed by atoms with van der Waals surface area (Å²) >= 11 is 0. The van der Waals surface area contributed by atoms with Gasteiger partial charge in [0, 0.05) is 43.0 Å². The molecule has 4 amide bonds. The number of fused-ring (bicyclic) bond motifs is 3. The van der Waals surface area contributed by atoms with Crippen molar-refractivity contribution in [1.82, 2.24) is 15.7 Å². The highest BCUT2D eigenvalue weighted by Gasteiger charge is 2.35. The molecule has 1 heterocycles. The standard InChI is InChI=1S/C26H27N3O8/c1-2-9-27-24(33)15-3-5-17-18-6-4-16(25(34)28-10-11-30)13-20(18)21(19(17)12-15)14-36-26(35)37-29-22(31)7-8-23(29)32/h3-6,12-13,21,30H,2,7-11,14H2,1H3,(H,27,33)(H,28,34). The molecule has 2 aliphatic rings. The summed E-state index contributed by atoms with van der Waals surface area (Å²) in [7, 11) is 0. The lowest BCUT2D eigenvalue weighted by Gasteiger charge is -2.17. The van der Waals surface area contributed by atoms with Crippen molar-refractivity contribution in [3.63, 3.8) is 0 Å². The highest BCUT2D eigenvalue weighted by atomic mass is 16.8. The maximum atomic E-state index is 12.6. The average Bonchev–Trinajstić information content (AvgIpc) is 3.39. The van der Waals surface area contributed by atoms with Crippen molar-refractivity contribution < 1.29 is 38.7 Å². The second-order valence-electron chi connectivity index (χ2n) is 8.63. The Morgan fingerprint density at radius 2 is 1.46 bits per heavy atom. The smallest absolute Gasteiger partial charge is 0.432 e. The fourth-order valence-corrected chi connectivity index (χ4v) is 4.34. The molecule has 4 rings (SSSR count). The van der Waals surface area contributed by atoms with Crippen LogP contribution in [0.3, 0.4) is 0 Å². The molecule has 194 valence electrons. The number of carbonyl (C=O) groups is 5. The number of ether oxygens (including phenoxy) is 1. The van der Waals surface area contributed by atoms with Crippen molar-refractivity contribution in [1.29, 1.82) is 0 Å². The van der Waals surface area contributed by atoms with E-state index in [1.807, 2.05) is 6.92 Å². The molecule has 1 fully saturated rings. The number of nitrogens with zero attached hydrogens (tertiary/aromatic N) is 1. The van der Waals surface area contributed by atoms with E-state index in [1.54, 1.807) is 36.4 Å². The Hall–Kier alpha value is -4.25. The zero-order chi connectivity index (χ0) is 26.5. The predicted octanol–water partition coefficient (Wildman–Crippen LogP) is 1.88. The summed E-state index contributed by atoms with van der Waals surface area (Å²) in [5.74, 6) is -2.42. The van der Waals surface area contributed by atoms with Gasteiger partial charge in [0.15, 0.2) is 0 Å². The maximum Gasteiger partial charge on any atom is 0.533 e. The number of amides is 4. The summed E-state index contributed by atoms with van der Waals surface area (Å²) in [5, 5.41) is 14.8. The van der Waals surface area contributed by atoms with Gasteiger partial charge in [0.2, 0.25) is 0 Å². The van der Waals surface area contributed by atoms with E-state index in [0.29, 0.717) is 33.9 Å². The van der Waals surface area contributed by atoms with Gasteiger partial charge in [0.1, 0.15) is 6.61 Å². The Morgan fingerprint density at radius 3 is 1.97 bits per heavy atom. The van der Waals surface area contributed by atoms with Crippen LogP contribution in [0.4, 0.5) is 4.79 Å². The van der Waals surface area contributed by atoms with Crippen LogP contribution in [-0.2, 0) is 19.2 Å². The molecule has 1 aliphatic carbocycles. The lowest BCUT2D eigenvalue weighted by molar-refractivity contribution is -0.177. The number of rotatable bonds is 9. The number of imide groups is 1. The minimum Gasteiger partial charge on any atom is -0.432 e. The number of carbonyl (C=O) groups excluding carboxylic acids is 5. The molecule has 0 spiro atoms. The Bertz CT molecular complexity index is 1170. The average molecular weight is 510 g/mol. The maximum absolute atomic E-state index is 12.6. The molecule has 1 saturated heterocycles. The summed E-state index contributed by atoms with van der Waals surface area (Å²) in [6, 6.07) is 10.3. The molecular weight excluding hydrogens is 482 g/mol. The third-order valence-corrected chi connectivity index (χ3v) is 6.14. The van der Waals surface area contributed by atoms with Crippen LogP contribution < -0.4 is 10.6 Å². The quantitative estimate of drug-likeness (QED) is 0.342. The van der Waals surface area contributed by atoms with Crippen molar-refractivity contribution in [2.75, 3.05) is 26.3 Å². The number of hydrogen-bond acceptors (Lipinski definition) is 8. The van der Waals surface area contributed by atoms with Crippen LogP contribution in [0.2, 0.25) is 0 Å². The SMILES string of the molecule is CCCNC(=O)c1ccc2c(c1)C(COC(=O)ON1C(=O)CCC1=O)c1cc(C(=O)NCCO)ccc1-2. The van der Waals surface area contributed by atoms with Gasteiger partial charge < -0.3 is 20.5 Å². The lowest BCUT2D eigenvalue weighted by Crippen LogP contribution is -2.32. The number of aliphatic hydroxyl groups excluding tert-OH is 1. The normalized spacial score (nSPS) is 15.7. The fraction of sp³-hybridized carbons (Fsp3) is 0.346. The summed E-state index contributed by atoms with van der Waals surface area (Å²) in [6.45, 7) is 2.14. The van der Waals surface area contributed by atoms with Gasteiger partial charge in [-0.05, 0) is 52.9 Å². The van der Waals surface area contributed by atoms with E-state index in [0.717, 1.165) is 17.5 Å². The molecular formula is C26H27N3O8. The van der Waals surface area contributed by atoms with Crippen LogP contribution in [0.15, 0.2) is 36.4 Å². The molecule has 3 N–H and O–H groups in total. The zero-order valence-corrected chi connectivity index (χ0v) is 20.2. The van der Waals surface area contributed by atoms with Crippen LogP contribution in [0.1, 0.15) is 63.9 Å². The van der Waals surface area contributed by atoms with Crippen LogP contribution in [0.5, 0.6) is 0 Å². The molecule has 2 aromatic rings. The lowest BCUT2D eigenvalue weighted by atomic mass is 9.95. The van der Waals surface area contributed by atoms with Gasteiger partial charge in [0.05, 0.1) is 6.61 Å². The van der Waals surface area contributed by atoms with Gasteiger partial charge >= 0.3 is 6.16 Å². The van der Waals surface area contributed by atoms with Gasteiger partial charge in [-0.15, -0.1) is 0 Å². The van der Waals surface area contributed by atoms with Crippen molar-refractivity contribution >= 4 is 29.8 Å². The van der Waals surface area contributed by atoms with Crippen molar-refractivity contribution in [2.45, 2.75) is 32.1 Å². The molecule has 0 saturated carbocycles. The number of hydroxylamine groups is 2. The number of nitrogens with one attached hydrogen (secondary N) is 2. The molecule has 0 radical (unpaired) electrons. The van der Waals surface area contributed by atoms with E-state index in [-0.39, 0.29) is 44.4 Å². The van der Waals surface area contributed by atoms with Crippen LogP contribution in [0, 0.1) is 0 Å². The molecule has 1 aliphatic heterocycles. The minimum absolute atomic E-state index is 0.0422. The minimum atomic E-state index is -1.22. The van der Waals surface area contributed by atoms with Crippen molar-refractivity contribution in [2.24, 2.45) is 0 Å². The second-order valence-corrected chi connectivity index (χ2v) is 8.63. The van der Waals surface area contributed by atoms with E-state index < -0.39 is 23.9 Å². The Labute approximate surface area is 212 Å². The largest absolute Gasteiger partial charge is 0.533 e. The van der Waals surface area contributed by atoms with Gasteiger partial charge in [-0.2, -0.15) is 0 Å². The molecule has 1 atom stereocenters. The van der Waals surface area contributed by atoms with Crippen LogP contribution >= 0.6 is 0 Å². The summed E-state index contributed by atoms with van der Waals surface area (Å²) < 4.78 is 5.29. The molecule has 11 nitrogen and oxygen atoms in total. The fourth-order valence-electron chi connectivity index (χ4n) is 4.34. The second kappa shape index (κ2) is 11.2. The van der Waals surface area contributed by atoms with Gasteiger partial charge in [-0.25, -0.2) is 4.79 Å². The summed E-state index contributed by atoms with van der Waals surface area (Å²) in [6.07, 6.45) is -0.518. The highest BCUT2D eigenvalue weighted by molar-refractivity contribution is 6.01. The Kier molecular flexibility index (Phi) is 7.83. The van der Waals surface area contributed by atoms with Gasteiger partial charge in [-0.1, -0.05) is 24.1 Å². The monoisotopic (exact) mass is 509 g/mol. The molecule has 37 heavy (non-hydrogen) atoms. The van der Waals surface area contributed by atoms with E-state index in [1.165, 1.54) is 0 Å². The number of benzene rings is 2. The number of hydrogen-bond donors (Lipinski definition) is 3. The highest BCUT2D eigenvalue weighted by Crippen LogP contribution is 2.45. The van der Waals surface area contributed by atoms with Gasteiger partial charge in [-0.3, -0.25) is 24.0 Å². The first-order valence-electron chi connectivity index (χ1n) is 12.0. The topological polar surface area (TPSA) is 151 Å². The molecule has 0 bridgehead atoms. The van der Waals surface area contributed by atoms with Crippen molar-refractivity contribution in [3.8, 4) is 11.1 Å². The van der Waals surface area contributed by atoms with E-state index >= 15 is 0 Å². The van der Waals surface area contributed by atoms with E-state index in [4.69, 9.17) is 14.7 Å². The first kappa shape index (κ1) is 25.8. The van der Waals surface area contributed by atoms with Crippen LogP contribution in [-0.4, -0.2) is 66.3 Å².